The van der Waals surface area contributed by atoms with Crippen LogP contribution in [0.2, 0.25) is 0 Å². The van der Waals surface area contributed by atoms with Crippen LogP contribution in [-0.2, 0) is 21.4 Å². The molecule has 0 bridgehead atoms. The number of thiophene rings is 1. The van der Waals surface area contributed by atoms with Gasteiger partial charge in [0.05, 0.1) is 7.11 Å². The third-order valence-electron chi connectivity index (χ3n) is 3.24. The Morgan fingerprint density at radius 1 is 1.33 bits per heavy atom. The largest absolute Gasteiger partial charge is 0.466 e. The molecule has 0 saturated heterocycles. The molecule has 2 aromatic heterocycles. The van der Waals surface area contributed by atoms with E-state index in [-0.39, 0.29) is 11.4 Å². The Labute approximate surface area is 129 Å². The number of carbonyl (C=O) groups excluding carboxylic acids is 1. The van der Waals surface area contributed by atoms with Crippen molar-refractivity contribution in [3.8, 4) is 0 Å². The van der Waals surface area contributed by atoms with E-state index in [1.807, 2.05) is 24.4 Å². The molecule has 0 atom stereocenters. The SMILES string of the molecule is COC(=O)/C=C/c1ccc(CC(C)(C)c2ccccn2)s1. The van der Waals surface area contributed by atoms with Gasteiger partial charge in [-0.05, 0) is 36.8 Å². The van der Waals surface area contributed by atoms with Gasteiger partial charge in [-0.25, -0.2) is 4.79 Å². The number of carbonyl (C=O) groups is 1. The van der Waals surface area contributed by atoms with E-state index >= 15 is 0 Å². The maximum absolute atomic E-state index is 11.1. The molecular formula is C17H19NO2S. The number of pyridine rings is 1. The first-order valence-corrected chi connectivity index (χ1v) is 7.59. The predicted molar refractivity (Wildman–Crippen MR) is 86.3 cm³/mol. The zero-order valence-electron chi connectivity index (χ0n) is 12.5. The summed E-state index contributed by atoms with van der Waals surface area (Å²) in [7, 11) is 1.38. The van der Waals surface area contributed by atoms with E-state index in [4.69, 9.17) is 0 Å². The van der Waals surface area contributed by atoms with Gasteiger partial charge in [0.2, 0.25) is 0 Å². The van der Waals surface area contributed by atoms with Crippen LogP contribution in [0.1, 0.15) is 29.3 Å². The Morgan fingerprint density at radius 3 is 2.81 bits per heavy atom. The van der Waals surface area contributed by atoms with Crippen LogP contribution in [0.25, 0.3) is 6.08 Å². The third-order valence-corrected chi connectivity index (χ3v) is 4.29. The molecular weight excluding hydrogens is 282 g/mol. The van der Waals surface area contributed by atoms with Gasteiger partial charge in [0.15, 0.2) is 0 Å². The first kappa shape index (κ1) is 15.4. The molecule has 3 nitrogen and oxygen atoms in total. The van der Waals surface area contributed by atoms with Crippen molar-refractivity contribution in [1.29, 1.82) is 0 Å². The number of aromatic nitrogens is 1. The topological polar surface area (TPSA) is 39.2 Å². The van der Waals surface area contributed by atoms with Gasteiger partial charge in [0.1, 0.15) is 0 Å². The van der Waals surface area contributed by atoms with Crippen LogP contribution in [-0.4, -0.2) is 18.1 Å². The Kier molecular flexibility index (Phi) is 4.91. The molecule has 2 aromatic rings. The standard InChI is InChI=1S/C17H19NO2S/c1-17(2,15-6-4-5-11-18-15)12-14-8-7-13(21-14)9-10-16(19)20-3/h4-11H,12H2,1-3H3/b10-9+. The van der Waals surface area contributed by atoms with Crippen molar-refractivity contribution in [3.05, 3.63) is 58.1 Å². The number of ether oxygens (including phenoxy) is 1. The predicted octanol–water partition coefficient (Wildman–Crippen LogP) is 3.85. The Hall–Kier alpha value is -1.94. The summed E-state index contributed by atoms with van der Waals surface area (Å²) in [5.74, 6) is -0.334. The van der Waals surface area contributed by atoms with Crippen LogP contribution in [0, 0.1) is 0 Å². The minimum absolute atomic E-state index is 0.0184. The van der Waals surface area contributed by atoms with Gasteiger partial charge < -0.3 is 4.74 Å². The average molecular weight is 301 g/mol. The first-order valence-electron chi connectivity index (χ1n) is 6.77. The molecule has 0 amide bonds. The number of methoxy groups -OCH3 is 1. The third kappa shape index (κ3) is 4.26. The summed E-state index contributed by atoms with van der Waals surface area (Å²) in [6.07, 6.45) is 5.98. The van der Waals surface area contributed by atoms with E-state index in [0.717, 1.165) is 17.0 Å². The van der Waals surface area contributed by atoms with E-state index in [1.165, 1.54) is 18.1 Å². The molecule has 2 heterocycles. The first-order chi connectivity index (χ1) is 10.0. The van der Waals surface area contributed by atoms with Gasteiger partial charge in [0, 0.05) is 33.1 Å². The number of nitrogens with zero attached hydrogens (tertiary/aromatic N) is 1. The van der Waals surface area contributed by atoms with Gasteiger partial charge in [0.25, 0.3) is 0 Å². The molecule has 0 aromatic carbocycles. The highest BCUT2D eigenvalue weighted by atomic mass is 32.1. The van der Waals surface area contributed by atoms with Gasteiger partial charge in [-0.15, -0.1) is 11.3 Å². The number of esters is 1. The maximum atomic E-state index is 11.1. The van der Waals surface area contributed by atoms with E-state index in [2.05, 4.69) is 35.7 Å². The van der Waals surface area contributed by atoms with Crippen molar-refractivity contribution in [1.82, 2.24) is 4.98 Å². The van der Waals surface area contributed by atoms with Crippen LogP contribution in [0.3, 0.4) is 0 Å². The van der Waals surface area contributed by atoms with Crippen LogP contribution in [0.4, 0.5) is 0 Å². The van der Waals surface area contributed by atoms with Crippen LogP contribution in [0.15, 0.2) is 42.6 Å². The molecule has 0 radical (unpaired) electrons. The number of hydrogen-bond donors (Lipinski definition) is 0. The monoisotopic (exact) mass is 301 g/mol. The summed E-state index contributed by atoms with van der Waals surface area (Å²) in [6.45, 7) is 4.39. The molecule has 0 saturated carbocycles. The van der Waals surface area contributed by atoms with Crippen LogP contribution < -0.4 is 0 Å². The summed E-state index contributed by atoms with van der Waals surface area (Å²) in [6, 6.07) is 10.1. The van der Waals surface area contributed by atoms with Gasteiger partial charge in [-0.2, -0.15) is 0 Å². The van der Waals surface area contributed by atoms with Gasteiger partial charge in [-0.1, -0.05) is 19.9 Å². The minimum atomic E-state index is -0.334. The van der Waals surface area contributed by atoms with Crippen molar-refractivity contribution in [2.75, 3.05) is 7.11 Å². The Bertz CT molecular complexity index is 629. The second-order valence-electron chi connectivity index (χ2n) is 5.44. The summed E-state index contributed by atoms with van der Waals surface area (Å²) in [5, 5.41) is 0. The molecule has 0 N–H and O–H groups in total. The van der Waals surface area contributed by atoms with E-state index in [9.17, 15) is 4.79 Å². The highest BCUT2D eigenvalue weighted by molar-refractivity contribution is 7.12. The second-order valence-corrected chi connectivity index (χ2v) is 6.64. The maximum Gasteiger partial charge on any atom is 0.330 e. The fourth-order valence-corrected chi connectivity index (χ4v) is 3.23. The Morgan fingerprint density at radius 2 is 2.14 bits per heavy atom. The smallest absolute Gasteiger partial charge is 0.330 e. The average Bonchev–Trinajstić information content (AvgIpc) is 2.92. The molecule has 2 rings (SSSR count). The second kappa shape index (κ2) is 6.68. The molecule has 0 aliphatic heterocycles. The van der Waals surface area contributed by atoms with Crippen molar-refractivity contribution in [2.24, 2.45) is 0 Å². The van der Waals surface area contributed by atoms with Crippen molar-refractivity contribution >= 4 is 23.4 Å². The summed E-state index contributed by atoms with van der Waals surface area (Å²) >= 11 is 1.68. The van der Waals surface area contributed by atoms with Crippen LogP contribution in [0.5, 0.6) is 0 Å². The lowest BCUT2D eigenvalue weighted by Crippen LogP contribution is -2.21. The zero-order chi connectivity index (χ0) is 15.3. The van der Waals surface area contributed by atoms with E-state index in [1.54, 1.807) is 17.4 Å². The quantitative estimate of drug-likeness (QED) is 0.622. The lowest BCUT2D eigenvalue weighted by atomic mass is 9.84. The molecule has 110 valence electrons. The van der Waals surface area contributed by atoms with Crippen molar-refractivity contribution in [2.45, 2.75) is 25.7 Å². The van der Waals surface area contributed by atoms with E-state index < -0.39 is 0 Å². The van der Waals surface area contributed by atoms with Crippen molar-refractivity contribution in [3.63, 3.8) is 0 Å². The highest BCUT2D eigenvalue weighted by Gasteiger charge is 2.23. The van der Waals surface area contributed by atoms with E-state index in [0.29, 0.717) is 0 Å². The summed E-state index contributed by atoms with van der Waals surface area (Å²) in [5.41, 5.74) is 1.07. The molecule has 0 aliphatic carbocycles. The number of hydrogen-bond acceptors (Lipinski definition) is 4. The fraction of sp³-hybridized carbons (Fsp3) is 0.294. The highest BCUT2D eigenvalue weighted by Crippen LogP contribution is 2.29. The molecule has 0 aliphatic rings. The summed E-state index contributed by atoms with van der Waals surface area (Å²) in [4.78, 5) is 17.9. The fourth-order valence-electron chi connectivity index (χ4n) is 2.09. The summed E-state index contributed by atoms with van der Waals surface area (Å²) < 4.78 is 4.59. The van der Waals surface area contributed by atoms with Gasteiger partial charge >= 0.3 is 5.97 Å². The lowest BCUT2D eigenvalue weighted by Gasteiger charge is -2.23. The molecule has 0 fully saturated rings. The lowest BCUT2D eigenvalue weighted by molar-refractivity contribution is -0.134. The molecule has 0 spiro atoms. The number of rotatable bonds is 5. The zero-order valence-corrected chi connectivity index (χ0v) is 13.3. The molecule has 0 unspecified atom stereocenters. The Balaban J connectivity index is 2.09. The molecule has 4 heteroatoms. The van der Waals surface area contributed by atoms with Crippen LogP contribution >= 0.6 is 11.3 Å². The van der Waals surface area contributed by atoms with Crippen molar-refractivity contribution < 1.29 is 9.53 Å². The van der Waals surface area contributed by atoms with Gasteiger partial charge in [-0.3, -0.25) is 4.98 Å². The molecule has 21 heavy (non-hydrogen) atoms. The normalized spacial score (nSPS) is 11.8. The minimum Gasteiger partial charge on any atom is -0.466 e.